The van der Waals surface area contributed by atoms with Gasteiger partial charge in [0.25, 0.3) is 0 Å². The first-order valence-corrected chi connectivity index (χ1v) is 6.04. The number of carbonyl (C=O) groups is 1. The molecule has 5 heteroatoms. The lowest BCUT2D eigenvalue weighted by atomic mass is 9.78. The molecule has 1 radical (unpaired) electrons. The lowest BCUT2D eigenvalue weighted by Crippen LogP contribution is -2.46. The van der Waals surface area contributed by atoms with Crippen LogP contribution in [0.25, 0.3) is 0 Å². The summed E-state index contributed by atoms with van der Waals surface area (Å²) in [5, 5.41) is 3.44. The Labute approximate surface area is 98.3 Å². The minimum absolute atomic E-state index is 0.0912. The van der Waals surface area contributed by atoms with E-state index in [1.165, 1.54) is 0 Å². The van der Waals surface area contributed by atoms with Gasteiger partial charge in [-0.25, -0.2) is 4.79 Å². The summed E-state index contributed by atoms with van der Waals surface area (Å²) in [4.78, 5) is 11.0. The summed E-state index contributed by atoms with van der Waals surface area (Å²) in [6.07, 6.45) is 3.34. The second kappa shape index (κ2) is 7.68. The van der Waals surface area contributed by atoms with Gasteiger partial charge in [-0.2, -0.15) is 0 Å². The van der Waals surface area contributed by atoms with Crippen LogP contribution in [0.3, 0.4) is 0 Å². The fraction of sp³-hybridized carbons (Fsp3) is 0.909. The summed E-state index contributed by atoms with van der Waals surface area (Å²) in [7, 11) is 2.15. The van der Waals surface area contributed by atoms with Crippen LogP contribution in [0.15, 0.2) is 0 Å². The molecule has 0 aromatic carbocycles. The first-order chi connectivity index (χ1) is 7.76. The molecule has 0 spiro atoms. The van der Waals surface area contributed by atoms with Crippen LogP contribution < -0.4 is 5.32 Å². The third kappa shape index (κ3) is 4.99. The number of hydrogen-bond acceptors (Lipinski definition) is 4. The normalized spacial score (nSPS) is 23.6. The molecule has 0 bridgehead atoms. The van der Waals surface area contributed by atoms with Crippen molar-refractivity contribution in [3.63, 3.8) is 0 Å². The van der Waals surface area contributed by atoms with E-state index in [2.05, 4.69) is 19.4 Å². The molecule has 1 N–H and O–H groups in total. The summed E-state index contributed by atoms with van der Waals surface area (Å²) in [6, 6.07) is 0.562. The molecule has 1 rings (SSSR count). The molecule has 16 heavy (non-hydrogen) atoms. The van der Waals surface area contributed by atoms with Crippen molar-refractivity contribution in [1.82, 2.24) is 5.32 Å². The maximum Gasteiger partial charge on any atom is 0.332 e. The van der Waals surface area contributed by atoms with Crippen molar-refractivity contribution >= 4 is 13.2 Å². The van der Waals surface area contributed by atoms with Crippen molar-refractivity contribution in [3.05, 3.63) is 0 Å². The van der Waals surface area contributed by atoms with Gasteiger partial charge >= 0.3 is 5.97 Å². The van der Waals surface area contributed by atoms with Crippen molar-refractivity contribution in [2.75, 3.05) is 19.8 Å². The van der Waals surface area contributed by atoms with Gasteiger partial charge in [-0.05, 0) is 26.3 Å². The van der Waals surface area contributed by atoms with Crippen LogP contribution >= 0.6 is 0 Å². The molecule has 0 unspecified atom stereocenters. The average Bonchev–Trinajstić information content (AvgIpc) is 2.20. The van der Waals surface area contributed by atoms with Gasteiger partial charge in [-0.3, -0.25) is 0 Å². The Morgan fingerprint density at radius 3 is 2.88 bits per heavy atom. The number of rotatable bonds is 8. The highest BCUT2D eigenvalue weighted by Gasteiger charge is 2.29. The van der Waals surface area contributed by atoms with Gasteiger partial charge in [0, 0.05) is 6.04 Å². The number of ether oxygens (including phenoxy) is 2. The van der Waals surface area contributed by atoms with E-state index < -0.39 is 0 Å². The van der Waals surface area contributed by atoms with E-state index in [-0.39, 0.29) is 18.7 Å². The van der Waals surface area contributed by atoms with Gasteiger partial charge in [0.1, 0.15) is 13.9 Å². The zero-order valence-electron chi connectivity index (χ0n) is 10.2. The summed E-state index contributed by atoms with van der Waals surface area (Å²) < 4.78 is 10.2. The molecule has 0 aliphatic heterocycles. The molecular weight excluding hydrogens is 205 g/mol. The van der Waals surface area contributed by atoms with E-state index in [9.17, 15) is 4.79 Å². The van der Waals surface area contributed by atoms with Crippen LogP contribution in [0, 0.1) is 0 Å². The summed E-state index contributed by atoms with van der Waals surface area (Å²) in [5.41, 5.74) is 0. The van der Waals surface area contributed by atoms with Crippen LogP contribution in [0.5, 0.6) is 0 Å². The standard InChI is InChI=1S/C11H21BNO3/c1-3-15-11(14)8-16-10-6-9(7-10)13-5-4-12-2/h9-10,13H,3-8H2,1-2H3. The Morgan fingerprint density at radius 1 is 1.50 bits per heavy atom. The van der Waals surface area contributed by atoms with E-state index in [1.54, 1.807) is 6.92 Å². The Kier molecular flexibility index (Phi) is 6.49. The molecule has 91 valence electrons. The SMILES string of the molecule is C[B]CCNC1CC(OCC(=O)OCC)C1. The minimum atomic E-state index is -0.264. The molecule has 0 amide bonds. The Balaban J connectivity index is 1.93. The molecular formula is C11H21BNO3. The van der Waals surface area contributed by atoms with Gasteiger partial charge in [-0.15, -0.1) is 0 Å². The first-order valence-electron chi connectivity index (χ1n) is 6.04. The number of nitrogens with one attached hydrogen (secondary N) is 1. The van der Waals surface area contributed by atoms with Crippen LogP contribution in [0.2, 0.25) is 13.1 Å². The van der Waals surface area contributed by atoms with Crippen molar-refractivity contribution in [1.29, 1.82) is 0 Å². The lowest BCUT2D eigenvalue weighted by molar-refractivity contribution is -0.152. The maximum atomic E-state index is 11.0. The topological polar surface area (TPSA) is 47.6 Å². The first kappa shape index (κ1) is 13.5. The van der Waals surface area contributed by atoms with E-state index in [4.69, 9.17) is 9.47 Å². The molecule has 0 saturated heterocycles. The number of hydrogen-bond donors (Lipinski definition) is 1. The van der Waals surface area contributed by atoms with Gasteiger partial charge in [0.05, 0.1) is 12.7 Å². The van der Waals surface area contributed by atoms with E-state index >= 15 is 0 Å². The smallest absolute Gasteiger partial charge is 0.332 e. The van der Waals surface area contributed by atoms with Crippen LogP contribution in [-0.4, -0.2) is 45.2 Å². The Bertz CT molecular complexity index is 207. The fourth-order valence-electron chi connectivity index (χ4n) is 1.69. The van der Waals surface area contributed by atoms with Crippen LogP contribution in [0.4, 0.5) is 0 Å². The Morgan fingerprint density at radius 2 is 2.25 bits per heavy atom. The number of esters is 1. The zero-order valence-corrected chi connectivity index (χ0v) is 10.2. The van der Waals surface area contributed by atoms with E-state index in [0.29, 0.717) is 12.6 Å². The summed E-state index contributed by atoms with van der Waals surface area (Å²) in [5.74, 6) is -0.264. The van der Waals surface area contributed by atoms with Crippen molar-refractivity contribution in [3.8, 4) is 0 Å². The molecule has 1 fully saturated rings. The molecule has 1 aliphatic carbocycles. The molecule has 1 saturated carbocycles. The molecule has 0 aromatic rings. The van der Waals surface area contributed by atoms with Gasteiger partial charge in [0.2, 0.25) is 0 Å². The molecule has 0 heterocycles. The molecule has 0 aromatic heterocycles. The predicted molar refractivity (Wildman–Crippen MR) is 63.8 cm³/mol. The van der Waals surface area contributed by atoms with Gasteiger partial charge in [-0.1, -0.05) is 13.1 Å². The number of carbonyl (C=O) groups excluding carboxylic acids is 1. The zero-order chi connectivity index (χ0) is 11.8. The van der Waals surface area contributed by atoms with E-state index in [0.717, 1.165) is 25.7 Å². The fourth-order valence-corrected chi connectivity index (χ4v) is 1.69. The van der Waals surface area contributed by atoms with Gasteiger partial charge in [0.15, 0.2) is 0 Å². The highest BCUT2D eigenvalue weighted by Crippen LogP contribution is 2.23. The molecule has 4 nitrogen and oxygen atoms in total. The predicted octanol–water partition coefficient (Wildman–Crippen LogP) is 0.857. The molecule has 1 aliphatic rings. The third-order valence-electron chi connectivity index (χ3n) is 2.70. The summed E-state index contributed by atoms with van der Waals surface area (Å²) in [6.45, 7) is 5.41. The molecule has 0 atom stereocenters. The third-order valence-corrected chi connectivity index (χ3v) is 2.70. The Hall–Kier alpha value is -0.545. The average molecular weight is 226 g/mol. The van der Waals surface area contributed by atoms with Crippen molar-refractivity contribution in [2.24, 2.45) is 0 Å². The van der Waals surface area contributed by atoms with Crippen molar-refractivity contribution < 1.29 is 14.3 Å². The quantitative estimate of drug-likeness (QED) is 0.379. The maximum absolute atomic E-state index is 11.0. The van der Waals surface area contributed by atoms with Crippen LogP contribution in [-0.2, 0) is 14.3 Å². The minimum Gasteiger partial charge on any atom is -0.464 e. The highest BCUT2D eigenvalue weighted by molar-refractivity contribution is 6.33. The van der Waals surface area contributed by atoms with Gasteiger partial charge < -0.3 is 14.8 Å². The van der Waals surface area contributed by atoms with Crippen LogP contribution in [0.1, 0.15) is 19.8 Å². The lowest BCUT2D eigenvalue weighted by Gasteiger charge is -2.35. The second-order valence-electron chi connectivity index (χ2n) is 4.06. The second-order valence-corrected chi connectivity index (χ2v) is 4.06. The highest BCUT2D eigenvalue weighted by atomic mass is 16.6. The summed E-state index contributed by atoms with van der Waals surface area (Å²) >= 11 is 0. The largest absolute Gasteiger partial charge is 0.464 e. The van der Waals surface area contributed by atoms with Crippen molar-refractivity contribution in [2.45, 2.75) is 45.1 Å². The van der Waals surface area contributed by atoms with E-state index in [1.807, 2.05) is 0 Å². The monoisotopic (exact) mass is 226 g/mol.